The lowest BCUT2D eigenvalue weighted by atomic mass is 10.1. The minimum absolute atomic E-state index is 0.0505. The molecule has 3 aromatic heterocycles. The molecular weight excluding hydrogens is 548 g/mol. The van der Waals surface area contributed by atoms with Gasteiger partial charge in [0.1, 0.15) is 23.8 Å². The lowest BCUT2D eigenvalue weighted by Gasteiger charge is -2.31. The van der Waals surface area contributed by atoms with E-state index >= 15 is 0 Å². The fraction of sp³-hybridized carbons (Fsp3) is 0.429. The number of methoxy groups -OCH3 is 1. The molecule has 41 heavy (non-hydrogen) atoms. The van der Waals surface area contributed by atoms with Gasteiger partial charge >= 0.3 is 0 Å². The number of carbonyl (C=O) groups excluding carboxylic acids is 1. The average molecular weight is 583 g/mol. The highest BCUT2D eigenvalue weighted by molar-refractivity contribution is 7.90. The first-order valence-electron chi connectivity index (χ1n) is 13.2. The number of rotatable bonds is 8. The molecule has 2 N–H and O–H groups in total. The van der Waals surface area contributed by atoms with Crippen LogP contribution in [0.4, 0.5) is 23.0 Å². The van der Waals surface area contributed by atoms with E-state index in [4.69, 9.17) is 14.2 Å². The van der Waals surface area contributed by atoms with E-state index in [1.165, 1.54) is 6.92 Å². The molecule has 1 saturated heterocycles. The van der Waals surface area contributed by atoms with Gasteiger partial charge in [-0.2, -0.15) is 0 Å². The summed E-state index contributed by atoms with van der Waals surface area (Å²) in [5.41, 5.74) is 1.90. The standard InChI is InChI=1S/C28H34N6O6S/c1-17(35)30-24-12-22(20(13-29-24)21-6-7-23-27(32-21)39-16-28(2,3)40-23)31-25-10-19(11-26(33-25)41(5,36)37)34-9-8-18(14-34)15-38-4/h6-7,10-13,18H,8-9,14-16H2,1-5H3,(H2,29,30,31,33,35). The lowest BCUT2D eigenvalue weighted by Crippen LogP contribution is -2.39. The minimum Gasteiger partial charge on any atom is -0.479 e. The van der Waals surface area contributed by atoms with Crippen molar-refractivity contribution in [3.05, 3.63) is 36.5 Å². The molecule has 1 amide bonds. The summed E-state index contributed by atoms with van der Waals surface area (Å²) in [6.45, 7) is 7.75. The van der Waals surface area contributed by atoms with Crippen molar-refractivity contribution in [2.75, 3.05) is 55.2 Å². The summed E-state index contributed by atoms with van der Waals surface area (Å²) >= 11 is 0. The predicted octanol–water partition coefficient (Wildman–Crippen LogP) is 3.67. The van der Waals surface area contributed by atoms with Gasteiger partial charge in [-0.25, -0.2) is 23.4 Å². The van der Waals surface area contributed by atoms with Crippen molar-refractivity contribution in [2.45, 2.75) is 37.8 Å². The smallest absolute Gasteiger partial charge is 0.257 e. The van der Waals surface area contributed by atoms with Crippen LogP contribution in [0, 0.1) is 5.92 Å². The number of aromatic nitrogens is 3. The Hall–Kier alpha value is -3.97. The topological polar surface area (TPSA) is 145 Å². The SMILES string of the molecule is COCC1CCN(c2cc(Nc3cc(NC(C)=O)ncc3-c3ccc4c(n3)OCC(C)(C)O4)nc(S(C)(=O)=O)c2)C1. The van der Waals surface area contributed by atoms with Gasteiger partial charge in [-0.3, -0.25) is 4.79 Å². The number of fused-ring (bicyclic) bond motifs is 1. The summed E-state index contributed by atoms with van der Waals surface area (Å²) in [6.07, 6.45) is 3.65. The molecule has 2 aliphatic rings. The Kier molecular flexibility index (Phi) is 7.75. The fourth-order valence-corrected chi connectivity index (χ4v) is 5.44. The third kappa shape index (κ3) is 6.68. The van der Waals surface area contributed by atoms with E-state index in [1.54, 1.807) is 37.6 Å². The molecule has 1 fully saturated rings. The van der Waals surface area contributed by atoms with Crippen molar-refractivity contribution < 1.29 is 27.4 Å². The van der Waals surface area contributed by atoms with Crippen LogP contribution in [0.2, 0.25) is 0 Å². The maximum atomic E-state index is 12.6. The molecular formula is C28H34N6O6S. The highest BCUT2D eigenvalue weighted by Gasteiger charge is 2.30. The minimum atomic E-state index is -3.61. The largest absolute Gasteiger partial charge is 0.479 e. The summed E-state index contributed by atoms with van der Waals surface area (Å²) in [6, 6.07) is 8.63. The maximum absolute atomic E-state index is 12.6. The van der Waals surface area contributed by atoms with Crippen LogP contribution < -0.4 is 25.0 Å². The van der Waals surface area contributed by atoms with Crippen LogP contribution in [0.25, 0.3) is 11.3 Å². The van der Waals surface area contributed by atoms with Gasteiger partial charge < -0.3 is 29.7 Å². The number of nitrogens with one attached hydrogen (secondary N) is 2. The zero-order chi connectivity index (χ0) is 29.4. The first-order valence-corrected chi connectivity index (χ1v) is 15.1. The molecule has 13 heteroatoms. The number of hydrogen-bond donors (Lipinski definition) is 2. The number of carbonyl (C=O) groups is 1. The summed E-state index contributed by atoms with van der Waals surface area (Å²) in [4.78, 5) is 27.3. The highest BCUT2D eigenvalue weighted by atomic mass is 32.2. The number of ether oxygens (including phenoxy) is 3. The maximum Gasteiger partial charge on any atom is 0.257 e. The lowest BCUT2D eigenvalue weighted by molar-refractivity contribution is -0.114. The molecule has 0 saturated carbocycles. The van der Waals surface area contributed by atoms with Crippen molar-refractivity contribution in [1.82, 2.24) is 15.0 Å². The zero-order valence-electron chi connectivity index (χ0n) is 23.7. The Morgan fingerprint density at radius 2 is 2.00 bits per heavy atom. The van der Waals surface area contributed by atoms with Crippen LogP contribution in [0.1, 0.15) is 27.2 Å². The zero-order valence-corrected chi connectivity index (χ0v) is 24.5. The second-order valence-electron chi connectivity index (χ2n) is 10.9. The van der Waals surface area contributed by atoms with E-state index in [-0.39, 0.29) is 10.9 Å². The molecule has 1 atom stereocenters. The van der Waals surface area contributed by atoms with Gasteiger partial charge in [-0.15, -0.1) is 0 Å². The first-order chi connectivity index (χ1) is 19.4. The van der Waals surface area contributed by atoms with Crippen LogP contribution in [-0.2, 0) is 19.4 Å². The van der Waals surface area contributed by atoms with Gasteiger partial charge in [-0.1, -0.05) is 0 Å². The molecule has 0 spiro atoms. The molecule has 3 aromatic rings. The van der Waals surface area contributed by atoms with Gasteiger partial charge in [0.15, 0.2) is 20.6 Å². The van der Waals surface area contributed by atoms with Crippen molar-refractivity contribution in [3.8, 4) is 22.9 Å². The van der Waals surface area contributed by atoms with E-state index in [9.17, 15) is 13.2 Å². The Labute approximate surface area is 239 Å². The summed E-state index contributed by atoms with van der Waals surface area (Å²) in [7, 11) is -1.94. The van der Waals surface area contributed by atoms with Crippen LogP contribution in [-0.4, -0.2) is 74.5 Å². The van der Waals surface area contributed by atoms with Gasteiger partial charge in [0.2, 0.25) is 5.91 Å². The second kappa shape index (κ2) is 11.1. The van der Waals surface area contributed by atoms with Crippen LogP contribution >= 0.6 is 0 Å². The Morgan fingerprint density at radius 3 is 2.73 bits per heavy atom. The number of sulfone groups is 1. The normalized spacial score (nSPS) is 17.8. The van der Waals surface area contributed by atoms with E-state index in [0.29, 0.717) is 59.3 Å². The molecule has 0 aromatic carbocycles. The fourth-order valence-electron chi connectivity index (χ4n) is 4.84. The average Bonchev–Trinajstić information content (AvgIpc) is 3.36. The van der Waals surface area contributed by atoms with Crippen molar-refractivity contribution >= 4 is 38.8 Å². The number of amides is 1. The Morgan fingerprint density at radius 1 is 1.20 bits per heavy atom. The molecule has 218 valence electrons. The first kappa shape index (κ1) is 28.6. The molecule has 2 aliphatic heterocycles. The van der Waals surface area contributed by atoms with Crippen LogP contribution in [0.3, 0.4) is 0 Å². The molecule has 1 unspecified atom stereocenters. The third-order valence-electron chi connectivity index (χ3n) is 6.73. The van der Waals surface area contributed by atoms with E-state index in [0.717, 1.165) is 31.5 Å². The molecule has 0 bridgehead atoms. The summed E-state index contributed by atoms with van der Waals surface area (Å²) in [5, 5.41) is 5.90. The van der Waals surface area contributed by atoms with Gasteiger partial charge in [0, 0.05) is 68.9 Å². The molecule has 5 heterocycles. The van der Waals surface area contributed by atoms with Crippen molar-refractivity contribution in [3.63, 3.8) is 0 Å². The highest BCUT2D eigenvalue weighted by Crippen LogP contribution is 2.38. The van der Waals surface area contributed by atoms with Crippen molar-refractivity contribution in [1.29, 1.82) is 0 Å². The van der Waals surface area contributed by atoms with Crippen molar-refractivity contribution in [2.24, 2.45) is 5.92 Å². The van der Waals surface area contributed by atoms with E-state index < -0.39 is 15.4 Å². The molecule has 5 rings (SSSR count). The third-order valence-corrected chi connectivity index (χ3v) is 7.70. The van der Waals surface area contributed by atoms with E-state index in [2.05, 4.69) is 30.5 Å². The number of hydrogen-bond acceptors (Lipinski definition) is 11. The molecule has 0 aliphatic carbocycles. The number of pyridine rings is 3. The summed E-state index contributed by atoms with van der Waals surface area (Å²) in [5.74, 6) is 1.59. The number of anilines is 4. The second-order valence-corrected chi connectivity index (χ2v) is 12.9. The summed E-state index contributed by atoms with van der Waals surface area (Å²) < 4.78 is 42.4. The van der Waals surface area contributed by atoms with Gasteiger partial charge in [-0.05, 0) is 38.5 Å². The molecule has 0 radical (unpaired) electrons. The van der Waals surface area contributed by atoms with Crippen LogP contribution in [0.15, 0.2) is 41.6 Å². The van der Waals surface area contributed by atoms with Gasteiger partial charge in [0.25, 0.3) is 5.88 Å². The Balaban J connectivity index is 1.55. The monoisotopic (exact) mass is 582 g/mol. The van der Waals surface area contributed by atoms with Crippen LogP contribution in [0.5, 0.6) is 11.6 Å². The number of nitrogens with zero attached hydrogens (tertiary/aromatic N) is 4. The van der Waals surface area contributed by atoms with E-state index in [1.807, 2.05) is 19.9 Å². The van der Waals surface area contributed by atoms with Gasteiger partial charge in [0.05, 0.1) is 18.0 Å². The molecule has 12 nitrogen and oxygen atoms in total. The Bertz CT molecular complexity index is 1580. The predicted molar refractivity (Wildman–Crippen MR) is 155 cm³/mol. The quantitative estimate of drug-likeness (QED) is 0.401.